The van der Waals surface area contributed by atoms with Crippen molar-refractivity contribution in [1.29, 1.82) is 5.26 Å². The molecule has 24 heavy (non-hydrogen) atoms. The summed E-state index contributed by atoms with van der Waals surface area (Å²) in [4.78, 5) is 17.3. The molecule has 5 nitrogen and oxygen atoms in total. The molecule has 0 spiro atoms. The summed E-state index contributed by atoms with van der Waals surface area (Å²) < 4.78 is 6.68. The van der Waals surface area contributed by atoms with Crippen LogP contribution in [0.4, 0.5) is 5.82 Å². The number of nitrogens with one attached hydrogen (secondary N) is 1. The molecule has 1 amide bonds. The number of carbonyl (C=O) groups is 1. The summed E-state index contributed by atoms with van der Waals surface area (Å²) in [6.07, 6.45) is 2.67. The van der Waals surface area contributed by atoms with Gasteiger partial charge in [-0.1, -0.05) is 18.2 Å². The molecule has 0 atom stereocenters. The van der Waals surface area contributed by atoms with E-state index in [-0.39, 0.29) is 5.91 Å². The van der Waals surface area contributed by atoms with Crippen molar-refractivity contribution < 1.29 is 9.53 Å². The first-order valence-corrected chi connectivity index (χ1v) is 8.34. The molecule has 3 rings (SSSR count). The third kappa shape index (κ3) is 3.70. The van der Waals surface area contributed by atoms with E-state index in [9.17, 15) is 4.79 Å². The van der Waals surface area contributed by atoms with Crippen LogP contribution >= 0.6 is 11.3 Å². The number of nitrogens with zero attached hydrogens (tertiary/aromatic N) is 2. The number of nitriles is 1. The molecule has 1 aromatic carbocycles. The molecule has 0 bridgehead atoms. The molecule has 0 unspecified atom stereocenters. The van der Waals surface area contributed by atoms with Crippen molar-refractivity contribution in [3.8, 4) is 11.8 Å². The second-order valence-corrected chi connectivity index (χ2v) is 6.15. The Morgan fingerprint density at radius 1 is 1.29 bits per heavy atom. The van der Waals surface area contributed by atoms with Gasteiger partial charge in [0.05, 0.1) is 17.6 Å². The first-order chi connectivity index (χ1) is 11.8. The SMILES string of the molecule is N#CCCCOc1cccnc1NC(=O)c1cc2ccccc2s1. The first-order valence-electron chi connectivity index (χ1n) is 7.52. The first kappa shape index (κ1) is 16.0. The van der Waals surface area contributed by atoms with E-state index in [0.717, 1.165) is 10.1 Å². The molecule has 2 aromatic heterocycles. The lowest BCUT2D eigenvalue weighted by Crippen LogP contribution is -2.13. The number of thiophene rings is 1. The number of hydrogen-bond acceptors (Lipinski definition) is 5. The Hall–Kier alpha value is -2.91. The number of hydrogen-bond donors (Lipinski definition) is 1. The summed E-state index contributed by atoms with van der Waals surface area (Å²) in [6, 6.07) is 15.3. The highest BCUT2D eigenvalue weighted by Gasteiger charge is 2.13. The fourth-order valence-electron chi connectivity index (χ4n) is 2.20. The predicted octanol–water partition coefficient (Wildman–Crippen LogP) is 4.23. The van der Waals surface area contributed by atoms with Crippen LogP contribution in [0.25, 0.3) is 10.1 Å². The lowest BCUT2D eigenvalue weighted by atomic mass is 10.2. The van der Waals surface area contributed by atoms with Gasteiger partial charge in [-0.2, -0.15) is 5.26 Å². The zero-order valence-electron chi connectivity index (χ0n) is 12.9. The van der Waals surface area contributed by atoms with Crippen molar-refractivity contribution in [2.75, 3.05) is 11.9 Å². The van der Waals surface area contributed by atoms with Gasteiger partial charge in [-0.05, 0) is 36.1 Å². The summed E-state index contributed by atoms with van der Waals surface area (Å²) >= 11 is 1.44. The lowest BCUT2D eigenvalue weighted by Gasteiger charge is -2.10. The van der Waals surface area contributed by atoms with E-state index in [0.29, 0.717) is 35.9 Å². The fourth-order valence-corrected chi connectivity index (χ4v) is 3.16. The second kappa shape index (κ2) is 7.57. The maximum Gasteiger partial charge on any atom is 0.267 e. The van der Waals surface area contributed by atoms with Crippen molar-refractivity contribution in [2.45, 2.75) is 12.8 Å². The van der Waals surface area contributed by atoms with E-state index in [4.69, 9.17) is 10.00 Å². The van der Waals surface area contributed by atoms with E-state index in [1.54, 1.807) is 18.3 Å². The van der Waals surface area contributed by atoms with Crippen LogP contribution in [0, 0.1) is 11.3 Å². The van der Waals surface area contributed by atoms with Gasteiger partial charge in [0.1, 0.15) is 0 Å². The minimum absolute atomic E-state index is 0.211. The number of anilines is 1. The summed E-state index contributed by atoms with van der Waals surface area (Å²) in [5.41, 5.74) is 0. The zero-order chi connectivity index (χ0) is 16.8. The van der Waals surface area contributed by atoms with Gasteiger partial charge < -0.3 is 10.1 Å². The molecule has 0 saturated heterocycles. The van der Waals surface area contributed by atoms with Crippen LogP contribution in [0.1, 0.15) is 22.5 Å². The van der Waals surface area contributed by atoms with Crippen LogP contribution in [-0.2, 0) is 0 Å². The number of pyridine rings is 1. The number of aromatic nitrogens is 1. The van der Waals surface area contributed by atoms with Gasteiger partial charge in [0.25, 0.3) is 5.91 Å². The van der Waals surface area contributed by atoms with Gasteiger partial charge in [0.15, 0.2) is 11.6 Å². The average molecular weight is 337 g/mol. The summed E-state index contributed by atoms with van der Waals surface area (Å²) in [6.45, 7) is 0.408. The minimum atomic E-state index is -0.211. The van der Waals surface area contributed by atoms with Crippen molar-refractivity contribution in [2.24, 2.45) is 0 Å². The smallest absolute Gasteiger partial charge is 0.267 e. The third-order valence-electron chi connectivity index (χ3n) is 3.34. The van der Waals surface area contributed by atoms with Crippen LogP contribution < -0.4 is 10.1 Å². The van der Waals surface area contributed by atoms with Gasteiger partial charge in [-0.25, -0.2) is 4.98 Å². The van der Waals surface area contributed by atoms with Crippen LogP contribution in [-0.4, -0.2) is 17.5 Å². The number of unbranched alkanes of at least 4 members (excludes halogenated alkanes) is 1. The Balaban J connectivity index is 1.73. The van der Waals surface area contributed by atoms with E-state index in [1.165, 1.54) is 11.3 Å². The molecule has 1 N–H and O–H groups in total. The molecule has 0 saturated carbocycles. The number of benzene rings is 1. The van der Waals surface area contributed by atoms with E-state index < -0.39 is 0 Å². The predicted molar refractivity (Wildman–Crippen MR) is 94.4 cm³/mol. The van der Waals surface area contributed by atoms with Gasteiger partial charge in [-0.15, -0.1) is 11.3 Å². The number of ether oxygens (including phenoxy) is 1. The van der Waals surface area contributed by atoms with Crippen LogP contribution in [0.2, 0.25) is 0 Å². The molecule has 0 aliphatic carbocycles. The average Bonchev–Trinajstić information content (AvgIpc) is 3.04. The molecule has 120 valence electrons. The number of amides is 1. The fraction of sp³-hybridized carbons (Fsp3) is 0.167. The molecule has 0 aliphatic heterocycles. The molecular formula is C18H15N3O2S. The highest BCUT2D eigenvalue weighted by Crippen LogP contribution is 2.27. The molecule has 3 aromatic rings. The maximum atomic E-state index is 12.5. The number of fused-ring (bicyclic) bond motifs is 1. The highest BCUT2D eigenvalue weighted by molar-refractivity contribution is 7.20. The van der Waals surface area contributed by atoms with Crippen LogP contribution in [0.15, 0.2) is 48.7 Å². The monoisotopic (exact) mass is 337 g/mol. The summed E-state index contributed by atoms with van der Waals surface area (Å²) in [5.74, 6) is 0.679. The third-order valence-corrected chi connectivity index (χ3v) is 4.46. The molecule has 0 fully saturated rings. The largest absolute Gasteiger partial charge is 0.490 e. The Morgan fingerprint density at radius 3 is 3.00 bits per heavy atom. The van der Waals surface area contributed by atoms with Gasteiger partial charge in [-0.3, -0.25) is 4.79 Å². The molecule has 2 heterocycles. The minimum Gasteiger partial charge on any atom is -0.490 e. The van der Waals surface area contributed by atoms with Crippen molar-refractivity contribution in [3.05, 3.63) is 53.5 Å². The molecule has 0 radical (unpaired) electrons. The Labute approximate surface area is 143 Å². The summed E-state index contributed by atoms with van der Waals surface area (Å²) in [7, 11) is 0. The zero-order valence-corrected chi connectivity index (χ0v) is 13.7. The Kier molecular flexibility index (Phi) is 5.04. The van der Waals surface area contributed by atoms with E-state index >= 15 is 0 Å². The van der Waals surface area contributed by atoms with Gasteiger partial charge in [0.2, 0.25) is 0 Å². The van der Waals surface area contributed by atoms with Crippen LogP contribution in [0.3, 0.4) is 0 Å². The second-order valence-electron chi connectivity index (χ2n) is 5.06. The standard InChI is InChI=1S/C18H15N3O2S/c19-9-3-4-11-23-14-7-5-10-20-17(14)21-18(22)16-12-13-6-1-2-8-15(13)24-16/h1-2,5-8,10,12H,3-4,11H2,(H,20,21,22). The van der Waals surface area contributed by atoms with Gasteiger partial charge in [0, 0.05) is 17.3 Å². The van der Waals surface area contributed by atoms with Gasteiger partial charge >= 0.3 is 0 Å². The van der Waals surface area contributed by atoms with E-state index in [2.05, 4.69) is 16.4 Å². The quantitative estimate of drug-likeness (QED) is 0.683. The normalized spacial score (nSPS) is 10.3. The Morgan fingerprint density at radius 2 is 2.17 bits per heavy atom. The molecule has 0 aliphatic rings. The molecule has 6 heteroatoms. The van der Waals surface area contributed by atoms with E-state index in [1.807, 2.05) is 30.3 Å². The van der Waals surface area contributed by atoms with Crippen molar-refractivity contribution in [1.82, 2.24) is 4.98 Å². The summed E-state index contributed by atoms with van der Waals surface area (Å²) in [5, 5.41) is 12.4. The number of rotatable bonds is 6. The van der Waals surface area contributed by atoms with Crippen molar-refractivity contribution >= 4 is 33.1 Å². The lowest BCUT2D eigenvalue weighted by molar-refractivity contribution is 0.102. The maximum absolute atomic E-state index is 12.5. The van der Waals surface area contributed by atoms with Crippen LogP contribution in [0.5, 0.6) is 5.75 Å². The molecular weight excluding hydrogens is 322 g/mol. The van der Waals surface area contributed by atoms with Crippen molar-refractivity contribution in [3.63, 3.8) is 0 Å². The Bertz CT molecular complexity index is 865. The highest BCUT2D eigenvalue weighted by atomic mass is 32.1. The topological polar surface area (TPSA) is 75.0 Å². The number of carbonyl (C=O) groups excluding carboxylic acids is 1.